The number of benzene rings is 3. The Bertz CT molecular complexity index is 1650. The van der Waals surface area contributed by atoms with Gasteiger partial charge in [-0.25, -0.2) is 0 Å². The number of rotatable bonds is 4. The minimum Gasteiger partial charge on any atom is -0.484 e. The number of carbonyl (C=O) groups is 1. The second kappa shape index (κ2) is 9.70. The fourth-order valence-electron chi connectivity index (χ4n) is 4.63. The van der Waals surface area contributed by atoms with Gasteiger partial charge in [0, 0.05) is 22.8 Å². The average molecular weight is 543 g/mol. The molecule has 8 heteroatoms. The Balaban J connectivity index is 1.47. The van der Waals surface area contributed by atoms with Crippen LogP contribution in [-0.4, -0.2) is 27.3 Å². The third kappa shape index (κ3) is 4.44. The highest BCUT2D eigenvalue weighted by atomic mass is 79.9. The first-order chi connectivity index (χ1) is 17.7. The van der Waals surface area contributed by atoms with Crippen molar-refractivity contribution in [3.05, 3.63) is 82.6 Å². The monoisotopic (exact) mass is 542 g/mol. The van der Waals surface area contributed by atoms with Crippen LogP contribution >= 0.6 is 15.9 Å². The molecule has 36 heavy (non-hydrogen) atoms. The summed E-state index contributed by atoms with van der Waals surface area (Å²) in [7, 11) is 0. The van der Waals surface area contributed by atoms with Crippen LogP contribution in [0.2, 0.25) is 0 Å². The fourth-order valence-corrected chi connectivity index (χ4v) is 4.89. The van der Waals surface area contributed by atoms with Gasteiger partial charge in [-0.05, 0) is 60.0 Å². The number of carbonyl (C=O) groups excluding carboxylic acids is 1. The van der Waals surface area contributed by atoms with E-state index in [-0.39, 0.29) is 12.2 Å². The Morgan fingerprint density at radius 3 is 2.75 bits per heavy atom. The lowest BCUT2D eigenvalue weighted by molar-refractivity contribution is -0.120. The van der Waals surface area contributed by atoms with Crippen LogP contribution in [0.3, 0.4) is 0 Å². The summed E-state index contributed by atoms with van der Waals surface area (Å²) in [5.74, 6) is 1.77. The van der Waals surface area contributed by atoms with Crippen molar-refractivity contribution >= 4 is 43.6 Å². The molecule has 0 unspecified atom stereocenters. The molecule has 0 spiro atoms. The summed E-state index contributed by atoms with van der Waals surface area (Å²) in [5, 5.41) is 12.1. The maximum absolute atomic E-state index is 12.9. The van der Waals surface area contributed by atoms with Crippen LogP contribution in [0.1, 0.15) is 25.1 Å². The molecule has 2 aromatic heterocycles. The second-order valence-electron chi connectivity index (χ2n) is 8.81. The molecular weight excluding hydrogens is 520 g/mol. The van der Waals surface area contributed by atoms with Crippen molar-refractivity contribution in [3.8, 4) is 17.1 Å². The highest BCUT2D eigenvalue weighted by molar-refractivity contribution is 9.10. The Kier molecular flexibility index (Phi) is 6.11. The third-order valence-corrected chi connectivity index (χ3v) is 6.94. The molecule has 180 valence electrons. The molecule has 1 aliphatic rings. The van der Waals surface area contributed by atoms with Gasteiger partial charge in [-0.3, -0.25) is 4.79 Å². The topological polar surface area (TPSA) is 82.5 Å². The summed E-state index contributed by atoms with van der Waals surface area (Å²) in [5.41, 5.74) is 1.51. The van der Waals surface area contributed by atoms with Gasteiger partial charge in [-0.15, -0.1) is 10.2 Å². The van der Waals surface area contributed by atoms with Crippen molar-refractivity contribution in [2.45, 2.75) is 32.2 Å². The molecule has 5 aromatic rings. The minimum atomic E-state index is -0.446. The molecule has 3 aromatic carbocycles. The zero-order valence-electron chi connectivity index (χ0n) is 19.5. The zero-order valence-corrected chi connectivity index (χ0v) is 21.1. The number of hydrogen-bond acceptors (Lipinski definition) is 5. The van der Waals surface area contributed by atoms with E-state index in [9.17, 15) is 4.79 Å². The highest BCUT2D eigenvalue weighted by Crippen LogP contribution is 2.28. The number of aryl methyl sites for hydroxylation is 1. The Labute approximate surface area is 215 Å². The third-order valence-electron chi connectivity index (χ3n) is 6.41. The van der Waals surface area contributed by atoms with E-state index in [1.165, 1.54) is 0 Å². The van der Waals surface area contributed by atoms with E-state index in [2.05, 4.69) is 47.8 Å². The lowest BCUT2D eigenvalue weighted by atomic mass is 10.0. The van der Waals surface area contributed by atoms with Crippen LogP contribution in [0.5, 0.6) is 5.75 Å². The smallest absolute Gasteiger partial charge is 0.286 e. The van der Waals surface area contributed by atoms with Gasteiger partial charge in [-0.1, -0.05) is 52.7 Å². The molecule has 0 N–H and O–H groups in total. The van der Waals surface area contributed by atoms with E-state index in [0.717, 1.165) is 58.7 Å². The largest absolute Gasteiger partial charge is 0.484 e. The van der Waals surface area contributed by atoms with Crippen molar-refractivity contribution < 1.29 is 13.9 Å². The van der Waals surface area contributed by atoms with Gasteiger partial charge >= 0.3 is 0 Å². The van der Waals surface area contributed by atoms with Crippen LogP contribution < -0.4 is 10.3 Å². The predicted molar refractivity (Wildman–Crippen MR) is 140 cm³/mol. The molecule has 3 heterocycles. The zero-order chi connectivity index (χ0) is 24.5. The van der Waals surface area contributed by atoms with E-state index in [0.29, 0.717) is 22.7 Å². The highest BCUT2D eigenvalue weighted by Gasteiger charge is 2.20. The van der Waals surface area contributed by atoms with Crippen molar-refractivity contribution in [2.75, 3.05) is 6.61 Å². The van der Waals surface area contributed by atoms with Gasteiger partial charge in [0.25, 0.3) is 5.91 Å². The molecule has 1 aliphatic heterocycles. The standard InChI is InChI=1S/C28H23BrN4O3/c29-19-10-12-20(13-11-19)35-17-26(34)30-28-23(27-32-31-25-8-2-1-5-15-33(25)27)16-22-21-7-4-3-6-18(21)9-14-24(22)36-28/h3-4,6-7,9-14,16H,1-2,5,8,15,17H2. The Hall–Kier alpha value is -3.78. The van der Waals surface area contributed by atoms with Crippen LogP contribution in [0.15, 0.2) is 80.6 Å². The number of fused-ring (bicyclic) bond motifs is 4. The van der Waals surface area contributed by atoms with Crippen LogP contribution in [0.25, 0.3) is 33.1 Å². The quantitative estimate of drug-likeness (QED) is 0.266. The van der Waals surface area contributed by atoms with Gasteiger partial charge in [0.15, 0.2) is 12.4 Å². The molecule has 0 saturated carbocycles. The van der Waals surface area contributed by atoms with Crippen LogP contribution in [0, 0.1) is 0 Å². The molecule has 6 rings (SSSR count). The van der Waals surface area contributed by atoms with E-state index in [4.69, 9.17) is 9.15 Å². The molecule has 1 amide bonds. The molecule has 0 atom stereocenters. The molecule has 0 bridgehead atoms. The lowest BCUT2D eigenvalue weighted by Gasteiger charge is -2.10. The molecule has 0 aliphatic carbocycles. The summed E-state index contributed by atoms with van der Waals surface area (Å²) >= 11 is 3.40. The van der Waals surface area contributed by atoms with Gasteiger partial charge in [0.1, 0.15) is 17.2 Å². The van der Waals surface area contributed by atoms with Gasteiger partial charge in [-0.2, -0.15) is 4.99 Å². The number of amides is 1. The summed E-state index contributed by atoms with van der Waals surface area (Å²) < 4.78 is 15.0. The summed E-state index contributed by atoms with van der Waals surface area (Å²) in [6, 6.07) is 21.4. The van der Waals surface area contributed by atoms with E-state index < -0.39 is 5.91 Å². The van der Waals surface area contributed by atoms with E-state index in [1.54, 1.807) is 12.1 Å². The van der Waals surface area contributed by atoms with Crippen LogP contribution in [-0.2, 0) is 17.8 Å². The number of ether oxygens (including phenoxy) is 1. The maximum atomic E-state index is 12.9. The number of aromatic nitrogens is 3. The minimum absolute atomic E-state index is 0.204. The molecule has 7 nitrogen and oxygen atoms in total. The number of hydrogen-bond donors (Lipinski definition) is 0. The number of halogens is 1. The van der Waals surface area contributed by atoms with Crippen molar-refractivity contribution in [2.24, 2.45) is 4.99 Å². The number of nitrogens with zero attached hydrogens (tertiary/aromatic N) is 4. The summed E-state index contributed by atoms with van der Waals surface area (Å²) in [6.45, 7) is 0.621. The van der Waals surface area contributed by atoms with E-state index >= 15 is 0 Å². The predicted octanol–water partition coefficient (Wildman–Crippen LogP) is 5.84. The molecule has 0 fully saturated rings. The summed E-state index contributed by atoms with van der Waals surface area (Å²) in [6.07, 6.45) is 4.18. The van der Waals surface area contributed by atoms with Crippen molar-refractivity contribution in [1.82, 2.24) is 14.8 Å². The first-order valence-electron chi connectivity index (χ1n) is 12.0. The first kappa shape index (κ1) is 22.7. The van der Waals surface area contributed by atoms with Gasteiger partial charge < -0.3 is 13.7 Å². The van der Waals surface area contributed by atoms with Gasteiger partial charge in [0.2, 0.25) is 5.55 Å². The maximum Gasteiger partial charge on any atom is 0.286 e. The van der Waals surface area contributed by atoms with E-state index in [1.807, 2.05) is 42.5 Å². The average Bonchev–Trinajstić information content (AvgIpc) is 3.15. The van der Waals surface area contributed by atoms with Crippen LogP contribution in [0.4, 0.5) is 0 Å². The first-order valence-corrected chi connectivity index (χ1v) is 12.8. The van der Waals surface area contributed by atoms with Crippen molar-refractivity contribution in [3.63, 3.8) is 0 Å². The molecule has 0 radical (unpaired) electrons. The normalized spacial score (nSPS) is 14.1. The Morgan fingerprint density at radius 2 is 1.86 bits per heavy atom. The molecular formula is C28H23BrN4O3. The summed E-state index contributed by atoms with van der Waals surface area (Å²) in [4.78, 5) is 17.2. The molecule has 0 saturated heterocycles. The Morgan fingerprint density at radius 1 is 1.00 bits per heavy atom. The second-order valence-corrected chi connectivity index (χ2v) is 9.73. The van der Waals surface area contributed by atoms with Gasteiger partial charge in [0.05, 0.1) is 5.56 Å². The van der Waals surface area contributed by atoms with Crippen molar-refractivity contribution in [1.29, 1.82) is 0 Å². The lowest BCUT2D eigenvalue weighted by Crippen LogP contribution is -2.17. The SMILES string of the molecule is O=C(COc1ccc(Br)cc1)N=c1oc2ccc3ccccc3c2cc1-c1nnc2n1CCCCC2. The fraction of sp³-hybridized carbons (Fsp3) is 0.214.